The minimum Gasteiger partial charge on any atom is -0.289 e. The molecule has 410 valence electrons. The molecule has 0 aliphatic heterocycles. The average molecular weight is 1060 g/mol. The molecule has 7 heteroatoms. The fourth-order valence-corrected chi connectivity index (χ4v) is 9.13. The third kappa shape index (κ3) is 14.0. The molecule has 0 radical (unpaired) electrons. The molecular weight excluding hydrogens is 983 g/mol. The van der Waals surface area contributed by atoms with Crippen LogP contribution in [0.2, 0.25) is 0 Å². The van der Waals surface area contributed by atoms with Gasteiger partial charge in [-0.2, -0.15) is 26.3 Å². The Hall–Kier alpha value is -6.99. The molecule has 1 nitrogen and oxygen atoms in total. The number of carbonyl (C=O) groups is 1. The minimum absolute atomic E-state index is 0.0525. The van der Waals surface area contributed by atoms with Crippen LogP contribution in [0.3, 0.4) is 0 Å². The Kier molecular flexibility index (Phi) is 19.6. The fraction of sp³-hybridized carbons (Fsp3) is 0.310. The summed E-state index contributed by atoms with van der Waals surface area (Å²) in [5.41, 5.74) is 18.9. The second-order valence-electron chi connectivity index (χ2n) is 22.1. The van der Waals surface area contributed by atoms with E-state index in [0.29, 0.717) is 22.3 Å². The van der Waals surface area contributed by atoms with Crippen LogP contribution < -0.4 is 0 Å². The zero-order valence-corrected chi connectivity index (χ0v) is 49.0. The van der Waals surface area contributed by atoms with Crippen molar-refractivity contribution in [2.24, 2.45) is 0 Å². The van der Waals surface area contributed by atoms with Gasteiger partial charge in [0, 0.05) is 16.5 Å². The predicted molar refractivity (Wildman–Crippen MR) is 315 cm³/mol. The highest BCUT2D eigenvalue weighted by molar-refractivity contribution is 6.09. The van der Waals surface area contributed by atoms with Gasteiger partial charge in [0.25, 0.3) is 0 Å². The number of benzene rings is 8. The molecule has 0 aliphatic carbocycles. The summed E-state index contributed by atoms with van der Waals surface area (Å²) in [6.07, 6.45) is -11.1. The van der Waals surface area contributed by atoms with E-state index < -0.39 is 28.9 Å². The second-order valence-corrected chi connectivity index (χ2v) is 22.1. The molecule has 0 fully saturated rings. The number of hydrogen-bond acceptors (Lipinski definition) is 1. The van der Waals surface area contributed by atoms with Gasteiger partial charge in [-0.1, -0.05) is 147 Å². The lowest BCUT2D eigenvalue weighted by Gasteiger charge is -2.38. The first-order valence-electron chi connectivity index (χ1n) is 26.5. The Morgan fingerprint density at radius 1 is 0.269 bits per heavy atom. The Morgan fingerprint density at radius 3 is 0.731 bits per heavy atom. The van der Waals surface area contributed by atoms with Gasteiger partial charge in [-0.15, -0.1) is 0 Å². The van der Waals surface area contributed by atoms with Crippen molar-refractivity contribution in [2.75, 3.05) is 0 Å². The molecule has 0 heterocycles. The maximum absolute atomic E-state index is 14.0. The maximum atomic E-state index is 14.0. The van der Waals surface area contributed by atoms with Crippen LogP contribution in [0.15, 0.2) is 146 Å². The number of ketones is 1. The van der Waals surface area contributed by atoms with Crippen molar-refractivity contribution >= 4 is 5.78 Å². The van der Waals surface area contributed by atoms with Gasteiger partial charge in [-0.25, -0.2) is 0 Å². The molecule has 0 N–H and O–H groups in total. The molecule has 0 saturated heterocycles. The van der Waals surface area contributed by atoms with Gasteiger partial charge in [-0.3, -0.25) is 4.79 Å². The molecule has 0 bridgehead atoms. The van der Waals surface area contributed by atoms with Crippen molar-refractivity contribution < 1.29 is 31.1 Å². The number of hydrogen-bond donors (Lipinski definition) is 0. The maximum Gasteiger partial charge on any atom is 0.411 e. The van der Waals surface area contributed by atoms with Gasteiger partial charge in [0.05, 0.1) is 0 Å². The van der Waals surface area contributed by atoms with E-state index in [1.807, 2.05) is 50.2 Å². The summed E-state index contributed by atoms with van der Waals surface area (Å²) in [6, 6.07) is 45.1. The number of aryl methyl sites for hydroxylation is 16. The third-order valence-corrected chi connectivity index (χ3v) is 16.1. The van der Waals surface area contributed by atoms with Crippen molar-refractivity contribution in [3.63, 3.8) is 0 Å². The summed E-state index contributed by atoms with van der Waals surface area (Å²) in [4.78, 5) is 12.4. The van der Waals surface area contributed by atoms with Crippen LogP contribution in [-0.4, -0.2) is 18.1 Å². The van der Waals surface area contributed by atoms with E-state index in [1.165, 1.54) is 104 Å². The second kappa shape index (κ2) is 24.8. The number of alkyl halides is 6. The van der Waals surface area contributed by atoms with Crippen molar-refractivity contribution in [1.82, 2.24) is 0 Å². The summed E-state index contributed by atoms with van der Waals surface area (Å²) in [5, 5.41) is 0. The lowest BCUT2D eigenvalue weighted by molar-refractivity contribution is -0.288. The summed E-state index contributed by atoms with van der Waals surface area (Å²) < 4.78 is 83.9. The quantitative estimate of drug-likeness (QED) is 0.115. The highest BCUT2D eigenvalue weighted by Gasteiger charge is 2.72. The van der Waals surface area contributed by atoms with Gasteiger partial charge in [0.2, 0.25) is 5.41 Å². The average Bonchev–Trinajstić information content (AvgIpc) is 3.56. The lowest BCUT2D eigenvalue weighted by Crippen LogP contribution is -2.54. The van der Waals surface area contributed by atoms with Gasteiger partial charge < -0.3 is 0 Å². The van der Waals surface area contributed by atoms with Crippen molar-refractivity contribution in [3.05, 3.63) is 268 Å². The lowest BCUT2D eigenvalue weighted by atomic mass is 9.71. The van der Waals surface area contributed by atoms with Crippen LogP contribution >= 0.6 is 0 Å². The number of halogens is 6. The monoisotopic (exact) mass is 1060 g/mol. The SMILES string of the molecule is Cc1ccc(-c2ccc(C)c(C)c2)cc1C.Cc1ccc(C(=O)c2ccc(C)c(C)c2)cc1C.Cc1ccc(C(C)(C)c2ccc(C)c(C)c2)cc1C.Cc1ccc(C(c2ccc(C)c(C)c2)(C(F)(F)F)C(F)(F)F)cc1C. The zero-order valence-electron chi connectivity index (χ0n) is 49.0. The van der Waals surface area contributed by atoms with Crippen LogP contribution in [0.25, 0.3) is 11.1 Å². The molecule has 0 unspecified atom stereocenters. The molecule has 0 amide bonds. The molecule has 0 spiro atoms. The van der Waals surface area contributed by atoms with Crippen LogP contribution in [0.5, 0.6) is 0 Å². The molecule has 0 aliphatic rings. The Labute approximate surface area is 461 Å². The van der Waals surface area contributed by atoms with Crippen LogP contribution in [0.1, 0.15) is 141 Å². The first-order chi connectivity index (χ1) is 36.2. The minimum atomic E-state index is -5.55. The van der Waals surface area contributed by atoms with Crippen LogP contribution in [0, 0.1) is 111 Å². The van der Waals surface area contributed by atoms with E-state index in [9.17, 15) is 31.1 Å². The molecule has 0 saturated carbocycles. The smallest absolute Gasteiger partial charge is 0.289 e. The summed E-state index contributed by atoms with van der Waals surface area (Å²) in [6.45, 7) is 36.4. The van der Waals surface area contributed by atoms with Crippen molar-refractivity contribution in [2.45, 2.75) is 148 Å². The third-order valence-electron chi connectivity index (χ3n) is 16.1. The molecule has 8 aromatic rings. The molecule has 8 rings (SSSR count). The van der Waals surface area contributed by atoms with E-state index in [2.05, 4.69) is 156 Å². The summed E-state index contributed by atoms with van der Waals surface area (Å²) in [7, 11) is 0. The van der Waals surface area contributed by atoms with Gasteiger partial charge in [-0.05, 0) is 245 Å². The highest BCUT2D eigenvalue weighted by atomic mass is 19.4. The molecule has 78 heavy (non-hydrogen) atoms. The van der Waals surface area contributed by atoms with Gasteiger partial charge in [0.1, 0.15) is 0 Å². The normalized spacial score (nSPS) is 11.6. The Morgan fingerprint density at radius 2 is 0.487 bits per heavy atom. The topological polar surface area (TPSA) is 17.1 Å². The zero-order chi connectivity index (χ0) is 58.4. The Bertz CT molecular complexity index is 3210. The number of rotatable bonds is 7. The van der Waals surface area contributed by atoms with Crippen molar-refractivity contribution in [1.29, 1.82) is 0 Å². The van der Waals surface area contributed by atoms with E-state index in [0.717, 1.165) is 46.5 Å². The molecular formula is C71H78F6O. The first-order valence-corrected chi connectivity index (χ1v) is 26.5. The summed E-state index contributed by atoms with van der Waals surface area (Å²) >= 11 is 0. The van der Waals surface area contributed by atoms with Crippen molar-refractivity contribution in [3.8, 4) is 11.1 Å². The number of carbonyl (C=O) groups excluding carboxylic acids is 1. The van der Waals surface area contributed by atoms with Crippen LogP contribution in [0.4, 0.5) is 26.3 Å². The Balaban J connectivity index is 0.000000194. The van der Waals surface area contributed by atoms with Gasteiger partial charge in [0.15, 0.2) is 5.78 Å². The molecule has 0 atom stereocenters. The highest BCUT2D eigenvalue weighted by Crippen LogP contribution is 2.56. The van der Waals surface area contributed by atoms with E-state index in [4.69, 9.17) is 0 Å². The summed E-state index contributed by atoms with van der Waals surface area (Å²) in [5.74, 6) is 0.0983. The fourth-order valence-electron chi connectivity index (χ4n) is 9.13. The first kappa shape index (κ1) is 61.9. The van der Waals surface area contributed by atoms with Crippen LogP contribution in [-0.2, 0) is 10.8 Å². The van der Waals surface area contributed by atoms with E-state index in [1.54, 1.807) is 13.8 Å². The molecule has 8 aromatic carbocycles. The molecule has 0 aromatic heterocycles. The standard InChI is InChI=1S/C19H18F6.C19H24.C17H18O.C16H18/c1-11-5-7-15(9-13(11)3)17(18(20,21)22,19(23,24)25)16-8-6-12(2)14(4)10-16;1-13-7-9-17(11-15(13)3)19(5,6)18-10-8-14(2)16(4)12-18;1-11-5-7-15(9-13(11)3)17(18)16-8-6-12(2)14(4)10-16;1-11-5-7-15(9-13(11)3)16-8-6-12(2)14(4)10-16/h5-10H,1-4H3;7-12H,1-6H3;5-10H,1-4H3;5-10H,1-4H3. The van der Waals surface area contributed by atoms with Gasteiger partial charge >= 0.3 is 12.4 Å². The van der Waals surface area contributed by atoms with E-state index >= 15 is 0 Å². The van der Waals surface area contributed by atoms with E-state index in [-0.39, 0.29) is 11.2 Å². The largest absolute Gasteiger partial charge is 0.411 e. The predicted octanol–water partition coefficient (Wildman–Crippen LogP) is 20.3.